The molecule has 0 spiro atoms. The second-order valence-electron chi connectivity index (χ2n) is 9.09. The van der Waals surface area contributed by atoms with Gasteiger partial charge in [0.1, 0.15) is 11.6 Å². The number of alkyl halides is 1. The van der Waals surface area contributed by atoms with E-state index in [4.69, 9.17) is 16.3 Å². The molecule has 3 atom stereocenters. The maximum Gasteiger partial charge on any atom is 0.251 e. The Morgan fingerprint density at radius 3 is 2.80 bits per heavy atom. The van der Waals surface area contributed by atoms with Crippen molar-refractivity contribution in [2.75, 3.05) is 19.6 Å². The van der Waals surface area contributed by atoms with Crippen LogP contribution in [0.3, 0.4) is 0 Å². The first kappa shape index (κ1) is 25.9. The number of thiazole rings is 1. The second kappa shape index (κ2) is 11.7. The smallest absolute Gasteiger partial charge is 0.251 e. The maximum atomic E-state index is 14.4. The monoisotopic (exact) mass is 521 g/mol. The zero-order valence-corrected chi connectivity index (χ0v) is 21.4. The number of allylic oxidation sites excluding steroid dienone is 3. The van der Waals surface area contributed by atoms with Crippen molar-refractivity contribution in [2.45, 2.75) is 50.8 Å². The van der Waals surface area contributed by atoms with E-state index in [1.165, 1.54) is 18.2 Å². The number of aryl methyl sites for hydroxylation is 1. The summed E-state index contributed by atoms with van der Waals surface area (Å²) in [5.41, 5.74) is 3.54. The lowest BCUT2D eigenvalue weighted by Crippen LogP contribution is -2.44. The van der Waals surface area contributed by atoms with Crippen LogP contribution < -0.4 is 5.32 Å². The van der Waals surface area contributed by atoms with Gasteiger partial charge in [0.2, 0.25) is 0 Å². The average Bonchev–Trinajstić information content (AvgIpc) is 3.27. The lowest BCUT2D eigenvalue weighted by atomic mass is 9.94. The third kappa shape index (κ3) is 6.36. The highest BCUT2D eigenvalue weighted by atomic mass is 35.5. The Bertz CT molecular complexity index is 1100. The van der Waals surface area contributed by atoms with Gasteiger partial charge in [0, 0.05) is 24.5 Å². The molecule has 1 aromatic carbocycles. The predicted octanol–water partition coefficient (Wildman–Crippen LogP) is 5.47. The van der Waals surface area contributed by atoms with E-state index in [0.717, 1.165) is 42.1 Å². The van der Waals surface area contributed by atoms with Crippen LogP contribution in [0.25, 0.3) is 0 Å². The van der Waals surface area contributed by atoms with Crippen LogP contribution in [-0.4, -0.2) is 46.9 Å². The summed E-state index contributed by atoms with van der Waals surface area (Å²) in [5.74, 6) is -1.44. The van der Waals surface area contributed by atoms with Crippen molar-refractivity contribution < 1.29 is 18.3 Å². The number of aromatic nitrogens is 1. The van der Waals surface area contributed by atoms with E-state index in [1.54, 1.807) is 29.0 Å². The zero-order valence-electron chi connectivity index (χ0n) is 19.8. The lowest BCUT2D eigenvalue weighted by molar-refractivity contribution is -0.118. The summed E-state index contributed by atoms with van der Waals surface area (Å²) >= 11 is 7.90. The molecule has 0 saturated carbocycles. The van der Waals surface area contributed by atoms with Gasteiger partial charge in [0.15, 0.2) is 0 Å². The van der Waals surface area contributed by atoms with Crippen molar-refractivity contribution in [3.63, 3.8) is 0 Å². The van der Waals surface area contributed by atoms with Crippen LogP contribution in [0.4, 0.5) is 8.78 Å². The molecule has 1 fully saturated rings. The van der Waals surface area contributed by atoms with Gasteiger partial charge in [-0.3, -0.25) is 9.69 Å². The molecule has 9 heteroatoms. The first-order valence-corrected chi connectivity index (χ1v) is 13.1. The molecule has 1 amide bonds. The number of rotatable bonds is 8. The number of hydrogen-bond donors (Lipinski definition) is 1. The van der Waals surface area contributed by atoms with Crippen LogP contribution in [0.15, 0.2) is 53.3 Å². The molecule has 1 N–H and O–H groups in total. The zero-order chi connectivity index (χ0) is 24.9. The van der Waals surface area contributed by atoms with Crippen molar-refractivity contribution in [3.05, 3.63) is 75.3 Å². The summed E-state index contributed by atoms with van der Waals surface area (Å²) < 4.78 is 33.8. The van der Waals surface area contributed by atoms with E-state index >= 15 is 0 Å². The molecule has 2 aromatic rings. The molecular formula is C26H30ClF2N3O2S. The molecule has 35 heavy (non-hydrogen) atoms. The SMILES string of the molecule is Cc1ncsc1C(CNC(=O)C1=C(F)C=CC(C)C1Cl)N1CCC(OCc2cccc(F)c2)CC1. The summed E-state index contributed by atoms with van der Waals surface area (Å²) in [6.07, 6.45) is 4.72. The summed E-state index contributed by atoms with van der Waals surface area (Å²) in [4.78, 5) is 20.7. The number of nitrogens with one attached hydrogen (secondary N) is 1. The minimum atomic E-state index is -0.699. The van der Waals surface area contributed by atoms with E-state index in [2.05, 4.69) is 15.2 Å². The number of halogens is 3. The molecule has 5 nitrogen and oxygen atoms in total. The van der Waals surface area contributed by atoms with E-state index in [1.807, 2.05) is 19.9 Å². The number of carbonyl (C=O) groups is 1. The van der Waals surface area contributed by atoms with Gasteiger partial charge in [-0.1, -0.05) is 25.1 Å². The third-order valence-corrected chi connectivity index (χ3v) is 8.27. The van der Waals surface area contributed by atoms with E-state index in [-0.39, 0.29) is 29.5 Å². The number of carbonyl (C=O) groups excluding carboxylic acids is 1. The quantitative estimate of drug-likeness (QED) is 0.468. The Kier molecular flexibility index (Phi) is 8.70. The Balaban J connectivity index is 1.38. The minimum absolute atomic E-state index is 0.00843. The predicted molar refractivity (Wildman–Crippen MR) is 134 cm³/mol. The summed E-state index contributed by atoms with van der Waals surface area (Å²) in [5, 5.41) is 2.23. The van der Waals surface area contributed by atoms with Gasteiger partial charge in [-0.2, -0.15) is 0 Å². The normalized spacial score (nSPS) is 22.4. The fourth-order valence-corrected chi connectivity index (χ4v) is 5.77. The number of benzene rings is 1. The molecule has 0 radical (unpaired) electrons. The number of amides is 1. The highest BCUT2D eigenvalue weighted by molar-refractivity contribution is 7.09. The highest BCUT2D eigenvalue weighted by Gasteiger charge is 2.32. The summed E-state index contributed by atoms with van der Waals surface area (Å²) in [7, 11) is 0. The maximum absolute atomic E-state index is 14.4. The average molecular weight is 522 g/mol. The van der Waals surface area contributed by atoms with Crippen LogP contribution in [0.1, 0.15) is 41.9 Å². The first-order chi connectivity index (χ1) is 16.8. The van der Waals surface area contributed by atoms with Crippen LogP contribution >= 0.6 is 22.9 Å². The molecule has 2 heterocycles. The third-order valence-electron chi connectivity index (χ3n) is 6.62. The Morgan fingerprint density at radius 1 is 1.34 bits per heavy atom. The molecule has 4 rings (SSSR count). The van der Waals surface area contributed by atoms with Gasteiger partial charge in [-0.05, 0) is 49.5 Å². The second-order valence-corrected chi connectivity index (χ2v) is 10.4. The Labute approximate surface area is 213 Å². The number of piperidine rings is 1. The molecular weight excluding hydrogens is 492 g/mol. The van der Waals surface area contributed by atoms with Gasteiger partial charge in [-0.15, -0.1) is 22.9 Å². The Morgan fingerprint density at radius 2 is 2.11 bits per heavy atom. The van der Waals surface area contributed by atoms with E-state index in [9.17, 15) is 13.6 Å². The van der Waals surface area contributed by atoms with E-state index < -0.39 is 17.1 Å². The summed E-state index contributed by atoms with van der Waals surface area (Å²) in [6, 6.07) is 6.38. The number of nitrogens with zero attached hydrogens (tertiary/aromatic N) is 2. The van der Waals surface area contributed by atoms with Crippen LogP contribution in [0.2, 0.25) is 0 Å². The Hall–Kier alpha value is -2.13. The van der Waals surface area contributed by atoms with Crippen molar-refractivity contribution in [1.29, 1.82) is 0 Å². The number of ether oxygens (including phenoxy) is 1. The molecule has 1 aliphatic carbocycles. The van der Waals surface area contributed by atoms with Crippen molar-refractivity contribution in [1.82, 2.24) is 15.2 Å². The number of likely N-dealkylation sites (tertiary alicyclic amines) is 1. The fourth-order valence-electron chi connectivity index (χ4n) is 4.55. The topological polar surface area (TPSA) is 54.5 Å². The van der Waals surface area contributed by atoms with E-state index in [0.29, 0.717) is 13.2 Å². The molecule has 188 valence electrons. The molecule has 1 saturated heterocycles. The van der Waals surface area contributed by atoms with Crippen molar-refractivity contribution in [3.8, 4) is 0 Å². The van der Waals surface area contributed by atoms with Crippen LogP contribution in [-0.2, 0) is 16.1 Å². The van der Waals surface area contributed by atoms with Gasteiger partial charge in [0.25, 0.3) is 5.91 Å². The summed E-state index contributed by atoms with van der Waals surface area (Å²) in [6.45, 7) is 6.08. The molecule has 0 bridgehead atoms. The molecule has 2 aliphatic rings. The first-order valence-electron chi connectivity index (χ1n) is 11.8. The largest absolute Gasteiger partial charge is 0.373 e. The van der Waals surface area contributed by atoms with Gasteiger partial charge < -0.3 is 10.1 Å². The van der Waals surface area contributed by atoms with Crippen LogP contribution in [0.5, 0.6) is 0 Å². The lowest BCUT2D eigenvalue weighted by Gasteiger charge is -2.37. The molecule has 1 aromatic heterocycles. The van der Waals surface area contributed by atoms with Gasteiger partial charge in [-0.25, -0.2) is 13.8 Å². The number of hydrogen-bond acceptors (Lipinski definition) is 5. The van der Waals surface area contributed by atoms with Crippen molar-refractivity contribution >= 4 is 28.8 Å². The minimum Gasteiger partial charge on any atom is -0.373 e. The van der Waals surface area contributed by atoms with Gasteiger partial charge >= 0.3 is 0 Å². The highest BCUT2D eigenvalue weighted by Crippen LogP contribution is 2.32. The standard InChI is InChI=1S/C26H30ClF2N3O2S/c1-16-6-7-21(29)23(24(16)27)26(33)30-13-22(25-17(2)31-15-35-25)32-10-8-20(9-11-32)34-14-18-4-3-5-19(28)12-18/h3-7,12,15-16,20,22,24H,8-11,13-14H2,1-2H3,(H,30,33). The van der Waals surface area contributed by atoms with Crippen LogP contribution in [0, 0.1) is 18.7 Å². The van der Waals surface area contributed by atoms with Gasteiger partial charge in [0.05, 0.1) is 40.9 Å². The molecule has 1 aliphatic heterocycles. The molecule has 3 unspecified atom stereocenters. The van der Waals surface area contributed by atoms with Crippen molar-refractivity contribution in [2.24, 2.45) is 5.92 Å². The fraction of sp³-hybridized carbons (Fsp3) is 0.462.